The van der Waals surface area contributed by atoms with Gasteiger partial charge in [-0.15, -0.1) is 17.0 Å². The van der Waals surface area contributed by atoms with E-state index in [9.17, 15) is 19.7 Å². The van der Waals surface area contributed by atoms with Gasteiger partial charge in [-0.2, -0.15) is 4.57 Å². The summed E-state index contributed by atoms with van der Waals surface area (Å²) in [5, 5.41) is 11.0. The van der Waals surface area contributed by atoms with Crippen molar-refractivity contribution >= 4 is 34.2 Å². The Bertz CT molecular complexity index is 973. The minimum atomic E-state index is -0.570. The molecule has 1 aromatic heterocycles. The number of rotatable bonds is 6. The quantitative estimate of drug-likeness (QED) is 0.260. The Balaban J connectivity index is 0.00000261. The van der Waals surface area contributed by atoms with Crippen LogP contribution in [0.1, 0.15) is 26.3 Å². The predicted molar refractivity (Wildman–Crippen MR) is 104 cm³/mol. The molecule has 0 amide bonds. The molecule has 0 aliphatic heterocycles. The number of para-hydroxylation sites is 1. The van der Waals surface area contributed by atoms with Gasteiger partial charge in [0.1, 0.15) is 5.56 Å². The number of aromatic nitrogens is 1. The molecule has 0 atom stereocenters. The number of Topliss-reactive ketones (excluding diaryl/α,β-unsaturated/α-hetero) is 1. The number of carbonyl (C=O) groups excluding carboxylic acids is 2. The molecule has 6 nitrogen and oxygen atoms in total. The van der Waals surface area contributed by atoms with Crippen molar-refractivity contribution in [3.05, 3.63) is 106 Å². The maximum Gasteiger partial charge on any atom is 0.280 e. The van der Waals surface area contributed by atoms with Gasteiger partial charge < -0.3 is 0 Å². The van der Waals surface area contributed by atoms with Crippen LogP contribution in [0.4, 0.5) is 5.69 Å². The number of halogens is 1. The fourth-order valence-electron chi connectivity index (χ4n) is 2.59. The zero-order valence-electron chi connectivity index (χ0n) is 14.1. The summed E-state index contributed by atoms with van der Waals surface area (Å²) >= 11 is 0. The summed E-state index contributed by atoms with van der Waals surface area (Å²) in [5.41, 5.74) is 0.940. The second-order valence-electron chi connectivity index (χ2n) is 5.65. The van der Waals surface area contributed by atoms with Crippen LogP contribution in [0.3, 0.4) is 0 Å². The number of carbonyl (C=O) groups is 2. The second kappa shape index (κ2) is 8.95. The van der Waals surface area contributed by atoms with Crippen LogP contribution in [-0.4, -0.2) is 16.5 Å². The van der Waals surface area contributed by atoms with E-state index in [1.54, 1.807) is 59.4 Å². The molecule has 136 valence electrons. The maximum atomic E-state index is 12.4. The third-order valence-electron chi connectivity index (χ3n) is 3.92. The van der Waals surface area contributed by atoms with Gasteiger partial charge in [-0.05, 0) is 6.07 Å². The first-order valence-corrected chi connectivity index (χ1v) is 7.92. The van der Waals surface area contributed by atoms with Gasteiger partial charge in [0.15, 0.2) is 18.2 Å². The van der Waals surface area contributed by atoms with Gasteiger partial charge in [-0.3, -0.25) is 19.7 Å². The van der Waals surface area contributed by atoms with Gasteiger partial charge in [0, 0.05) is 29.3 Å². The van der Waals surface area contributed by atoms with Crippen LogP contribution < -0.4 is 4.57 Å². The van der Waals surface area contributed by atoms with E-state index in [-0.39, 0.29) is 46.3 Å². The van der Waals surface area contributed by atoms with Gasteiger partial charge in [0.25, 0.3) is 5.69 Å². The fraction of sp³-hybridized carbons (Fsp3) is 0.0500. The molecule has 0 aliphatic carbocycles. The zero-order chi connectivity index (χ0) is 18.5. The van der Waals surface area contributed by atoms with Gasteiger partial charge >= 0.3 is 0 Å². The van der Waals surface area contributed by atoms with Crippen LogP contribution >= 0.6 is 17.0 Å². The van der Waals surface area contributed by atoms with E-state index >= 15 is 0 Å². The number of hydrogen-bond donors (Lipinski definition) is 0. The Morgan fingerprint density at radius 1 is 0.852 bits per heavy atom. The summed E-state index contributed by atoms with van der Waals surface area (Å²) in [4.78, 5) is 35.2. The molecule has 0 saturated carbocycles. The van der Waals surface area contributed by atoms with Crippen LogP contribution in [0.15, 0.2) is 79.1 Å². The summed E-state index contributed by atoms with van der Waals surface area (Å²) in [5.74, 6) is -0.479. The molecule has 0 spiro atoms. The van der Waals surface area contributed by atoms with Crippen molar-refractivity contribution in [1.29, 1.82) is 0 Å². The average Bonchev–Trinajstić information content (AvgIpc) is 2.68. The van der Waals surface area contributed by atoms with Crippen molar-refractivity contribution in [2.75, 3.05) is 0 Å². The lowest BCUT2D eigenvalue weighted by Gasteiger charge is -2.02. The summed E-state index contributed by atoms with van der Waals surface area (Å²) in [6.45, 7) is -0.0509. The van der Waals surface area contributed by atoms with Crippen LogP contribution in [0.25, 0.3) is 0 Å². The number of pyridine rings is 1. The highest BCUT2D eigenvalue weighted by molar-refractivity contribution is 8.93. The van der Waals surface area contributed by atoms with Crippen LogP contribution in [0.2, 0.25) is 0 Å². The highest BCUT2D eigenvalue weighted by Gasteiger charge is 2.22. The molecule has 0 saturated heterocycles. The number of hydrogen-bond acceptors (Lipinski definition) is 4. The van der Waals surface area contributed by atoms with Crippen LogP contribution in [-0.2, 0) is 6.54 Å². The lowest BCUT2D eigenvalue weighted by molar-refractivity contribution is -0.683. The molecular formula is C20H16BrN2O4+. The molecular weight excluding hydrogens is 412 g/mol. The number of ketones is 2. The van der Waals surface area contributed by atoms with E-state index in [0.717, 1.165) is 0 Å². The Hall–Kier alpha value is -3.19. The highest BCUT2D eigenvalue weighted by atomic mass is 79.9. The molecule has 3 rings (SSSR count). The first-order chi connectivity index (χ1) is 12.6. The summed E-state index contributed by atoms with van der Waals surface area (Å²) < 4.78 is 1.58. The number of benzene rings is 2. The molecule has 0 fully saturated rings. The SMILES string of the molecule is Br.O=C(c1ccccc1)c1cc[n+](CC(=O)c2ccccc2[N+](=O)[O-])cc1. The molecule has 3 aromatic rings. The highest BCUT2D eigenvalue weighted by Crippen LogP contribution is 2.18. The van der Waals surface area contributed by atoms with Crippen molar-refractivity contribution in [3.8, 4) is 0 Å². The van der Waals surface area contributed by atoms with Crippen molar-refractivity contribution < 1.29 is 19.1 Å². The van der Waals surface area contributed by atoms with E-state index in [2.05, 4.69) is 0 Å². The molecule has 0 bridgehead atoms. The summed E-state index contributed by atoms with van der Waals surface area (Å²) in [7, 11) is 0. The van der Waals surface area contributed by atoms with Crippen LogP contribution in [0, 0.1) is 10.1 Å². The summed E-state index contributed by atoms with van der Waals surface area (Å²) in [6, 6.07) is 18.0. The van der Waals surface area contributed by atoms with E-state index in [0.29, 0.717) is 11.1 Å². The van der Waals surface area contributed by atoms with Crippen molar-refractivity contribution in [3.63, 3.8) is 0 Å². The van der Waals surface area contributed by atoms with Gasteiger partial charge in [0.2, 0.25) is 12.3 Å². The van der Waals surface area contributed by atoms with Gasteiger partial charge in [0.05, 0.1) is 4.92 Å². The molecule has 0 N–H and O–H groups in total. The fourth-order valence-corrected chi connectivity index (χ4v) is 2.59. The third kappa shape index (κ3) is 4.71. The molecule has 7 heteroatoms. The Labute approximate surface area is 166 Å². The predicted octanol–water partition coefficient (Wildman–Crippen LogP) is 3.57. The first-order valence-electron chi connectivity index (χ1n) is 7.92. The minimum Gasteiger partial charge on any atom is -0.289 e. The van der Waals surface area contributed by atoms with E-state index in [4.69, 9.17) is 0 Å². The van der Waals surface area contributed by atoms with E-state index in [1.807, 2.05) is 6.07 Å². The Kier molecular flexibility index (Phi) is 6.67. The van der Waals surface area contributed by atoms with Crippen molar-refractivity contribution in [1.82, 2.24) is 0 Å². The van der Waals surface area contributed by atoms with E-state index in [1.165, 1.54) is 18.2 Å². The number of nitro groups is 1. The lowest BCUT2D eigenvalue weighted by Crippen LogP contribution is -2.37. The minimum absolute atomic E-state index is 0. The smallest absolute Gasteiger partial charge is 0.280 e. The molecule has 27 heavy (non-hydrogen) atoms. The monoisotopic (exact) mass is 427 g/mol. The third-order valence-corrected chi connectivity index (χ3v) is 3.92. The zero-order valence-corrected chi connectivity index (χ0v) is 15.9. The lowest BCUT2D eigenvalue weighted by atomic mass is 10.0. The normalized spacial score (nSPS) is 9.93. The second-order valence-corrected chi connectivity index (χ2v) is 5.65. The standard InChI is InChI=1S/C20H15N2O4.BrH/c23-19(17-8-4-5-9-18(17)22(25)26)14-21-12-10-16(11-13-21)20(24)15-6-2-1-3-7-15;/h1-13H,14H2;1H/q+1;. The maximum absolute atomic E-state index is 12.4. The van der Waals surface area contributed by atoms with Crippen molar-refractivity contribution in [2.24, 2.45) is 0 Å². The molecule has 1 heterocycles. The average molecular weight is 428 g/mol. The Morgan fingerprint density at radius 3 is 2.04 bits per heavy atom. The van der Waals surface area contributed by atoms with Crippen molar-refractivity contribution in [2.45, 2.75) is 6.54 Å². The first kappa shape index (κ1) is 20.1. The molecule has 0 aliphatic rings. The molecule has 0 radical (unpaired) electrons. The topological polar surface area (TPSA) is 81.2 Å². The molecule has 2 aromatic carbocycles. The largest absolute Gasteiger partial charge is 0.289 e. The van der Waals surface area contributed by atoms with Gasteiger partial charge in [-0.25, -0.2) is 0 Å². The van der Waals surface area contributed by atoms with E-state index < -0.39 is 4.92 Å². The number of nitro benzene ring substituents is 1. The van der Waals surface area contributed by atoms with Gasteiger partial charge in [-0.1, -0.05) is 42.5 Å². The molecule has 0 unspecified atom stereocenters. The Morgan fingerprint density at radius 2 is 1.41 bits per heavy atom. The summed E-state index contributed by atoms with van der Waals surface area (Å²) in [6.07, 6.45) is 3.23. The van der Waals surface area contributed by atoms with Crippen LogP contribution in [0.5, 0.6) is 0 Å². The number of nitrogens with zero attached hydrogens (tertiary/aromatic N) is 2.